The predicted octanol–water partition coefficient (Wildman–Crippen LogP) is 0.376. The summed E-state index contributed by atoms with van der Waals surface area (Å²) < 4.78 is 0. The number of rotatable bonds is 5. The van der Waals surface area contributed by atoms with Gasteiger partial charge in [-0.1, -0.05) is 19.3 Å². The molecule has 1 saturated carbocycles. The molecule has 7 heteroatoms. The van der Waals surface area contributed by atoms with Crippen molar-refractivity contribution in [1.29, 1.82) is 0 Å². The van der Waals surface area contributed by atoms with Gasteiger partial charge >= 0.3 is 6.03 Å². The molecule has 0 unspecified atom stereocenters. The Morgan fingerprint density at radius 3 is 2.35 bits per heavy atom. The molecule has 3 amide bonds. The molecule has 1 aliphatic carbocycles. The van der Waals surface area contributed by atoms with E-state index in [4.69, 9.17) is 0 Å². The first-order chi connectivity index (χ1) is 9.24. The summed E-state index contributed by atoms with van der Waals surface area (Å²) in [7, 11) is 0. The topological polar surface area (TPSA) is 82.3 Å². The van der Waals surface area contributed by atoms with E-state index in [2.05, 4.69) is 21.3 Å². The molecular formula is C13H25ClN4O2. The minimum Gasteiger partial charge on any atom is -0.354 e. The van der Waals surface area contributed by atoms with Gasteiger partial charge in [-0.15, -0.1) is 12.4 Å². The van der Waals surface area contributed by atoms with Crippen LogP contribution in [0.25, 0.3) is 0 Å². The Morgan fingerprint density at radius 1 is 1.05 bits per heavy atom. The molecule has 0 atom stereocenters. The van der Waals surface area contributed by atoms with Gasteiger partial charge in [0.25, 0.3) is 0 Å². The summed E-state index contributed by atoms with van der Waals surface area (Å²) in [5.74, 6) is 0.422. The van der Waals surface area contributed by atoms with Gasteiger partial charge in [-0.3, -0.25) is 4.79 Å². The molecule has 4 N–H and O–H groups in total. The Labute approximate surface area is 126 Å². The number of carbonyl (C=O) groups is 2. The molecule has 6 nitrogen and oxygen atoms in total. The average molecular weight is 305 g/mol. The molecule has 2 aliphatic rings. The second-order valence-corrected chi connectivity index (χ2v) is 5.49. The molecule has 0 aromatic heterocycles. The van der Waals surface area contributed by atoms with E-state index in [-0.39, 0.29) is 36.9 Å². The highest BCUT2D eigenvalue weighted by molar-refractivity contribution is 5.85. The van der Waals surface area contributed by atoms with Crippen molar-refractivity contribution in [1.82, 2.24) is 21.3 Å². The number of urea groups is 1. The molecule has 0 radical (unpaired) electrons. The van der Waals surface area contributed by atoms with E-state index >= 15 is 0 Å². The zero-order chi connectivity index (χ0) is 13.5. The number of hydrogen-bond donors (Lipinski definition) is 4. The summed E-state index contributed by atoms with van der Waals surface area (Å²) in [6.07, 6.45) is 5.72. The first-order valence-electron chi connectivity index (χ1n) is 7.26. The first kappa shape index (κ1) is 17.0. The normalized spacial score (nSPS) is 19.4. The largest absolute Gasteiger partial charge is 0.354 e. The quantitative estimate of drug-likeness (QED) is 0.592. The van der Waals surface area contributed by atoms with Crippen molar-refractivity contribution >= 4 is 24.3 Å². The van der Waals surface area contributed by atoms with Gasteiger partial charge in [-0.2, -0.15) is 0 Å². The second kappa shape index (κ2) is 9.02. The number of amides is 3. The lowest BCUT2D eigenvalue weighted by atomic mass is 9.96. The third kappa shape index (κ3) is 5.96. The maximum atomic E-state index is 11.6. The summed E-state index contributed by atoms with van der Waals surface area (Å²) in [4.78, 5) is 23.1. The van der Waals surface area contributed by atoms with Gasteiger partial charge < -0.3 is 21.3 Å². The maximum absolute atomic E-state index is 11.6. The summed E-state index contributed by atoms with van der Waals surface area (Å²) in [6, 6.07) is 0.0465. The van der Waals surface area contributed by atoms with E-state index in [0.29, 0.717) is 12.5 Å². The van der Waals surface area contributed by atoms with Crippen LogP contribution in [0.2, 0.25) is 0 Å². The lowest BCUT2D eigenvalue weighted by Gasteiger charge is -2.27. The fourth-order valence-corrected chi connectivity index (χ4v) is 2.46. The molecule has 1 aliphatic heterocycles. The number of halogens is 1. The molecule has 2 rings (SSSR count). The van der Waals surface area contributed by atoms with E-state index in [1.807, 2.05) is 0 Å². The van der Waals surface area contributed by atoms with Crippen molar-refractivity contribution in [3.63, 3.8) is 0 Å². The highest BCUT2D eigenvalue weighted by Gasteiger charge is 2.18. The van der Waals surface area contributed by atoms with E-state index in [1.54, 1.807) is 0 Å². The zero-order valence-corrected chi connectivity index (χ0v) is 12.6. The minimum atomic E-state index is -0.229. The van der Waals surface area contributed by atoms with Crippen LogP contribution in [0.15, 0.2) is 0 Å². The molecule has 0 bridgehead atoms. The van der Waals surface area contributed by atoms with Crippen LogP contribution in [0.3, 0.4) is 0 Å². The lowest BCUT2D eigenvalue weighted by molar-refractivity contribution is -0.120. The standard InChI is InChI=1S/C13H24N4O2.ClH/c18-12(15-8-10-6-14-7-10)9-16-13(19)17-11-4-2-1-3-5-11;/h10-11,14H,1-9H2,(H,15,18)(H2,16,17,19);1H. The van der Waals surface area contributed by atoms with Crippen LogP contribution in [0.4, 0.5) is 4.79 Å². The van der Waals surface area contributed by atoms with Gasteiger partial charge in [0.1, 0.15) is 0 Å². The Morgan fingerprint density at radius 2 is 1.75 bits per heavy atom. The average Bonchev–Trinajstić information content (AvgIpc) is 2.36. The summed E-state index contributed by atoms with van der Waals surface area (Å²) >= 11 is 0. The number of carbonyl (C=O) groups excluding carboxylic acids is 2. The van der Waals surface area contributed by atoms with E-state index in [1.165, 1.54) is 19.3 Å². The van der Waals surface area contributed by atoms with Gasteiger partial charge in [-0.05, 0) is 12.8 Å². The molecule has 0 aromatic rings. The van der Waals surface area contributed by atoms with Crippen LogP contribution in [-0.4, -0.2) is 44.2 Å². The van der Waals surface area contributed by atoms with Crippen molar-refractivity contribution in [2.24, 2.45) is 5.92 Å². The number of nitrogens with one attached hydrogen (secondary N) is 4. The molecule has 1 heterocycles. The smallest absolute Gasteiger partial charge is 0.315 e. The fourth-order valence-electron chi connectivity index (χ4n) is 2.46. The first-order valence-corrected chi connectivity index (χ1v) is 7.26. The van der Waals surface area contributed by atoms with Crippen LogP contribution in [0.1, 0.15) is 32.1 Å². The van der Waals surface area contributed by atoms with Gasteiger partial charge in [-0.25, -0.2) is 4.79 Å². The Hall–Kier alpha value is -1.01. The lowest BCUT2D eigenvalue weighted by Crippen LogP contribution is -2.50. The van der Waals surface area contributed by atoms with Gasteiger partial charge in [0.15, 0.2) is 0 Å². The Balaban J connectivity index is 0.00000200. The zero-order valence-electron chi connectivity index (χ0n) is 11.7. The second-order valence-electron chi connectivity index (χ2n) is 5.49. The van der Waals surface area contributed by atoms with Crippen molar-refractivity contribution < 1.29 is 9.59 Å². The summed E-state index contributed by atoms with van der Waals surface area (Å²) in [5.41, 5.74) is 0. The summed E-state index contributed by atoms with van der Waals surface area (Å²) in [5, 5.41) is 11.5. The number of hydrogen-bond acceptors (Lipinski definition) is 3. The molecule has 0 aromatic carbocycles. The van der Waals surface area contributed by atoms with Crippen LogP contribution in [-0.2, 0) is 4.79 Å². The molecule has 116 valence electrons. The van der Waals surface area contributed by atoms with Crippen molar-refractivity contribution in [2.75, 3.05) is 26.2 Å². The van der Waals surface area contributed by atoms with Crippen LogP contribution in [0.5, 0.6) is 0 Å². The summed E-state index contributed by atoms with van der Waals surface area (Å²) in [6.45, 7) is 2.68. The van der Waals surface area contributed by atoms with Crippen LogP contribution < -0.4 is 21.3 Å². The van der Waals surface area contributed by atoms with E-state index < -0.39 is 0 Å². The van der Waals surface area contributed by atoms with Gasteiger partial charge in [0, 0.05) is 31.6 Å². The predicted molar refractivity (Wildman–Crippen MR) is 80.0 cm³/mol. The van der Waals surface area contributed by atoms with E-state index in [0.717, 1.165) is 25.9 Å². The maximum Gasteiger partial charge on any atom is 0.315 e. The molecule has 20 heavy (non-hydrogen) atoms. The third-order valence-electron chi connectivity index (χ3n) is 3.80. The Kier molecular flexibility index (Phi) is 7.69. The third-order valence-corrected chi connectivity index (χ3v) is 3.80. The van der Waals surface area contributed by atoms with Crippen LogP contribution in [0, 0.1) is 5.92 Å². The SMILES string of the molecule is Cl.O=C(CNC(=O)NC1CCCCC1)NCC1CNC1. The Bertz CT molecular complexity index is 317. The minimum absolute atomic E-state index is 0. The van der Waals surface area contributed by atoms with Crippen molar-refractivity contribution in [3.05, 3.63) is 0 Å². The molecular weight excluding hydrogens is 280 g/mol. The molecule has 0 spiro atoms. The monoisotopic (exact) mass is 304 g/mol. The molecule has 1 saturated heterocycles. The highest BCUT2D eigenvalue weighted by Crippen LogP contribution is 2.16. The van der Waals surface area contributed by atoms with Crippen molar-refractivity contribution in [3.8, 4) is 0 Å². The van der Waals surface area contributed by atoms with Crippen molar-refractivity contribution in [2.45, 2.75) is 38.1 Å². The molecule has 2 fully saturated rings. The highest BCUT2D eigenvalue weighted by atomic mass is 35.5. The van der Waals surface area contributed by atoms with Gasteiger partial charge in [0.2, 0.25) is 5.91 Å². The van der Waals surface area contributed by atoms with E-state index in [9.17, 15) is 9.59 Å². The van der Waals surface area contributed by atoms with Crippen LogP contribution >= 0.6 is 12.4 Å². The fraction of sp³-hybridized carbons (Fsp3) is 0.846. The van der Waals surface area contributed by atoms with Gasteiger partial charge in [0.05, 0.1) is 6.54 Å².